The maximum absolute atomic E-state index is 5.84. The molecule has 3 nitrogen and oxygen atoms in total. The van der Waals surface area contributed by atoms with E-state index < -0.39 is 0 Å². The van der Waals surface area contributed by atoms with Crippen LogP contribution in [-0.2, 0) is 6.54 Å². The monoisotopic (exact) mass is 254 g/mol. The standard InChI is InChI=1S/C13H22N2OS/c1-10(9-17-4)15(2)8-11-5-12(14)7-13(6-11)16-3/h5-7,10H,8-9,14H2,1-4H3. The Balaban J connectivity index is 2.70. The van der Waals surface area contributed by atoms with Crippen molar-refractivity contribution in [2.75, 3.05) is 31.9 Å². The highest BCUT2D eigenvalue weighted by Gasteiger charge is 2.09. The number of hydrogen-bond donors (Lipinski definition) is 1. The van der Waals surface area contributed by atoms with Gasteiger partial charge >= 0.3 is 0 Å². The van der Waals surface area contributed by atoms with E-state index in [0.29, 0.717) is 6.04 Å². The lowest BCUT2D eigenvalue weighted by atomic mass is 10.1. The Hall–Kier alpha value is -0.870. The Kier molecular flexibility index (Phi) is 5.65. The van der Waals surface area contributed by atoms with Crippen LogP contribution in [0.1, 0.15) is 12.5 Å². The van der Waals surface area contributed by atoms with Crippen LogP contribution in [0.15, 0.2) is 18.2 Å². The highest BCUT2D eigenvalue weighted by molar-refractivity contribution is 7.98. The van der Waals surface area contributed by atoms with Crippen molar-refractivity contribution in [2.45, 2.75) is 19.5 Å². The maximum Gasteiger partial charge on any atom is 0.121 e. The van der Waals surface area contributed by atoms with Gasteiger partial charge in [0.2, 0.25) is 0 Å². The Morgan fingerprint density at radius 2 is 2.12 bits per heavy atom. The van der Waals surface area contributed by atoms with Gasteiger partial charge < -0.3 is 10.5 Å². The summed E-state index contributed by atoms with van der Waals surface area (Å²) in [5, 5.41) is 0. The number of nitrogens with two attached hydrogens (primary N) is 1. The Bertz CT molecular complexity index is 357. The van der Waals surface area contributed by atoms with Crippen LogP contribution < -0.4 is 10.5 Å². The summed E-state index contributed by atoms with van der Waals surface area (Å²) in [7, 11) is 3.80. The van der Waals surface area contributed by atoms with Crippen molar-refractivity contribution in [3.05, 3.63) is 23.8 Å². The molecule has 0 bridgehead atoms. The van der Waals surface area contributed by atoms with E-state index in [-0.39, 0.29) is 0 Å². The summed E-state index contributed by atoms with van der Waals surface area (Å²) in [4.78, 5) is 2.32. The highest BCUT2D eigenvalue weighted by atomic mass is 32.2. The van der Waals surface area contributed by atoms with Crippen LogP contribution in [0.3, 0.4) is 0 Å². The quantitative estimate of drug-likeness (QED) is 0.792. The molecule has 2 N–H and O–H groups in total. The van der Waals surface area contributed by atoms with Gasteiger partial charge in [0, 0.05) is 30.1 Å². The molecule has 0 heterocycles. The van der Waals surface area contributed by atoms with E-state index in [0.717, 1.165) is 23.7 Å². The molecule has 0 amide bonds. The number of thioether (sulfide) groups is 1. The van der Waals surface area contributed by atoms with Gasteiger partial charge in [-0.25, -0.2) is 0 Å². The molecule has 0 radical (unpaired) electrons. The van der Waals surface area contributed by atoms with Crippen molar-refractivity contribution < 1.29 is 4.74 Å². The lowest BCUT2D eigenvalue weighted by Crippen LogP contribution is -2.30. The Labute approximate surface area is 108 Å². The number of methoxy groups -OCH3 is 1. The number of benzene rings is 1. The molecule has 1 rings (SSSR count). The lowest BCUT2D eigenvalue weighted by molar-refractivity contribution is 0.269. The van der Waals surface area contributed by atoms with Crippen LogP contribution in [0.25, 0.3) is 0 Å². The largest absolute Gasteiger partial charge is 0.497 e. The van der Waals surface area contributed by atoms with E-state index in [1.54, 1.807) is 7.11 Å². The third kappa shape index (κ3) is 4.48. The average molecular weight is 254 g/mol. The second-order valence-corrected chi connectivity index (χ2v) is 5.24. The first kappa shape index (κ1) is 14.2. The minimum atomic E-state index is 0.553. The molecule has 1 atom stereocenters. The molecule has 0 aromatic heterocycles. The number of nitrogen functional groups attached to an aromatic ring is 1. The van der Waals surface area contributed by atoms with Crippen LogP contribution in [0, 0.1) is 0 Å². The maximum atomic E-state index is 5.84. The SMILES string of the molecule is COc1cc(N)cc(CN(C)C(C)CSC)c1. The summed E-state index contributed by atoms with van der Waals surface area (Å²) in [5.74, 6) is 1.96. The van der Waals surface area contributed by atoms with E-state index in [1.807, 2.05) is 30.0 Å². The summed E-state index contributed by atoms with van der Waals surface area (Å²) >= 11 is 1.87. The van der Waals surface area contributed by atoms with Crippen molar-refractivity contribution >= 4 is 17.4 Å². The molecule has 4 heteroatoms. The minimum absolute atomic E-state index is 0.553. The molecule has 0 aliphatic rings. The van der Waals surface area contributed by atoms with Gasteiger partial charge in [-0.15, -0.1) is 0 Å². The molecular formula is C13H22N2OS. The molecule has 17 heavy (non-hydrogen) atoms. The predicted octanol–water partition coefficient (Wildman–Crippen LogP) is 2.46. The first-order valence-electron chi connectivity index (χ1n) is 5.69. The number of anilines is 1. The van der Waals surface area contributed by atoms with E-state index in [2.05, 4.69) is 25.1 Å². The van der Waals surface area contributed by atoms with Crippen molar-refractivity contribution in [3.63, 3.8) is 0 Å². The number of hydrogen-bond acceptors (Lipinski definition) is 4. The number of rotatable bonds is 6. The fraction of sp³-hybridized carbons (Fsp3) is 0.538. The number of nitrogens with zero attached hydrogens (tertiary/aromatic N) is 1. The first-order valence-corrected chi connectivity index (χ1v) is 7.08. The summed E-state index contributed by atoms with van der Waals surface area (Å²) in [5.41, 5.74) is 7.79. The van der Waals surface area contributed by atoms with Crippen LogP contribution in [0.4, 0.5) is 5.69 Å². The third-order valence-electron chi connectivity index (χ3n) is 2.82. The molecular weight excluding hydrogens is 232 g/mol. The molecule has 0 saturated carbocycles. The van der Waals surface area contributed by atoms with Crippen LogP contribution in [0.5, 0.6) is 5.75 Å². The van der Waals surface area contributed by atoms with Gasteiger partial charge in [0.05, 0.1) is 7.11 Å². The van der Waals surface area contributed by atoms with E-state index in [4.69, 9.17) is 10.5 Å². The van der Waals surface area contributed by atoms with Gasteiger partial charge in [-0.05, 0) is 37.9 Å². The Morgan fingerprint density at radius 1 is 1.41 bits per heavy atom. The summed E-state index contributed by atoms with van der Waals surface area (Å²) in [6, 6.07) is 6.44. The van der Waals surface area contributed by atoms with E-state index in [9.17, 15) is 0 Å². The molecule has 0 aliphatic carbocycles. The van der Waals surface area contributed by atoms with E-state index >= 15 is 0 Å². The van der Waals surface area contributed by atoms with Crippen molar-refractivity contribution in [3.8, 4) is 5.75 Å². The van der Waals surface area contributed by atoms with Gasteiger partial charge in [0.15, 0.2) is 0 Å². The van der Waals surface area contributed by atoms with Gasteiger partial charge in [0.1, 0.15) is 5.75 Å². The van der Waals surface area contributed by atoms with Crippen molar-refractivity contribution in [2.24, 2.45) is 0 Å². The zero-order chi connectivity index (χ0) is 12.8. The smallest absolute Gasteiger partial charge is 0.121 e. The normalized spacial score (nSPS) is 12.8. The summed E-state index contributed by atoms with van der Waals surface area (Å²) in [6.45, 7) is 3.13. The lowest BCUT2D eigenvalue weighted by Gasteiger charge is -2.24. The zero-order valence-corrected chi connectivity index (χ0v) is 11.9. The molecule has 0 aliphatic heterocycles. The van der Waals surface area contributed by atoms with Gasteiger partial charge in [-0.2, -0.15) is 11.8 Å². The second-order valence-electron chi connectivity index (χ2n) is 4.33. The summed E-state index contributed by atoms with van der Waals surface area (Å²) < 4.78 is 5.22. The zero-order valence-electron chi connectivity index (χ0n) is 11.1. The van der Waals surface area contributed by atoms with Gasteiger partial charge in [0.25, 0.3) is 0 Å². The van der Waals surface area contributed by atoms with Crippen LogP contribution >= 0.6 is 11.8 Å². The topological polar surface area (TPSA) is 38.5 Å². The molecule has 1 unspecified atom stereocenters. The molecule has 0 fully saturated rings. The second kappa shape index (κ2) is 6.77. The highest BCUT2D eigenvalue weighted by Crippen LogP contribution is 2.20. The first-order chi connectivity index (χ1) is 8.06. The van der Waals surface area contributed by atoms with Crippen LogP contribution in [-0.4, -0.2) is 37.1 Å². The van der Waals surface area contributed by atoms with Gasteiger partial charge in [-0.1, -0.05) is 0 Å². The van der Waals surface area contributed by atoms with Crippen molar-refractivity contribution in [1.29, 1.82) is 0 Å². The molecule has 96 valence electrons. The van der Waals surface area contributed by atoms with Gasteiger partial charge in [-0.3, -0.25) is 4.90 Å². The number of ether oxygens (including phenoxy) is 1. The van der Waals surface area contributed by atoms with Crippen molar-refractivity contribution in [1.82, 2.24) is 4.90 Å². The molecule has 1 aromatic carbocycles. The predicted molar refractivity (Wildman–Crippen MR) is 76.7 cm³/mol. The molecule has 0 spiro atoms. The molecule has 1 aromatic rings. The fourth-order valence-electron chi connectivity index (χ4n) is 1.71. The minimum Gasteiger partial charge on any atom is -0.497 e. The van der Waals surface area contributed by atoms with E-state index in [1.165, 1.54) is 5.56 Å². The van der Waals surface area contributed by atoms with Crippen LogP contribution in [0.2, 0.25) is 0 Å². The Morgan fingerprint density at radius 3 is 2.71 bits per heavy atom. The average Bonchev–Trinajstić information content (AvgIpc) is 2.28. The molecule has 0 saturated heterocycles. The summed E-state index contributed by atoms with van der Waals surface area (Å²) in [6.07, 6.45) is 2.13. The third-order valence-corrected chi connectivity index (χ3v) is 3.63. The fourth-order valence-corrected chi connectivity index (χ4v) is 2.44.